The number of rotatable bonds is 5. The van der Waals surface area contributed by atoms with Gasteiger partial charge in [-0.05, 0) is 29.9 Å². The highest BCUT2D eigenvalue weighted by Gasteiger charge is 2.46. The maximum Gasteiger partial charge on any atom is 0.322 e. The van der Waals surface area contributed by atoms with Crippen molar-refractivity contribution < 1.29 is 4.74 Å². The summed E-state index contributed by atoms with van der Waals surface area (Å²) in [5, 5.41) is 3.40. The van der Waals surface area contributed by atoms with E-state index < -0.39 is 0 Å². The van der Waals surface area contributed by atoms with Crippen LogP contribution in [0.5, 0.6) is 6.01 Å². The van der Waals surface area contributed by atoms with Gasteiger partial charge in [-0.2, -0.15) is 15.0 Å². The fourth-order valence-corrected chi connectivity index (χ4v) is 1.68. The quantitative estimate of drug-likeness (QED) is 0.877. The third kappa shape index (κ3) is 3.19. The number of nitrogens with zero attached hydrogens (tertiary/aromatic N) is 3. The first kappa shape index (κ1) is 12.4. The highest BCUT2D eigenvalue weighted by Crippen LogP contribution is 2.46. The number of hydrogen-bond acceptors (Lipinski definition) is 5. The monoisotopic (exact) mass is 256 g/mol. The molecule has 0 spiro atoms. The lowest BCUT2D eigenvalue weighted by Crippen LogP contribution is -2.12. The predicted octanol–water partition coefficient (Wildman–Crippen LogP) is 2.52. The Kier molecular flexibility index (Phi) is 3.38. The SMILES string of the molecule is CCCOc1nc(Cl)nc(NC2CC2(C)C)n1. The van der Waals surface area contributed by atoms with E-state index in [9.17, 15) is 0 Å². The van der Waals surface area contributed by atoms with Crippen LogP contribution in [0.3, 0.4) is 0 Å². The smallest absolute Gasteiger partial charge is 0.322 e. The van der Waals surface area contributed by atoms with E-state index in [0.29, 0.717) is 24.0 Å². The maximum absolute atomic E-state index is 5.82. The molecule has 1 saturated carbocycles. The summed E-state index contributed by atoms with van der Waals surface area (Å²) in [6.07, 6.45) is 2.02. The zero-order chi connectivity index (χ0) is 12.5. The predicted molar refractivity (Wildman–Crippen MR) is 66.4 cm³/mol. The lowest BCUT2D eigenvalue weighted by atomic mass is 10.2. The van der Waals surface area contributed by atoms with Crippen molar-refractivity contribution in [1.82, 2.24) is 15.0 Å². The van der Waals surface area contributed by atoms with Crippen LogP contribution in [0.2, 0.25) is 5.28 Å². The van der Waals surface area contributed by atoms with Crippen LogP contribution in [0.25, 0.3) is 0 Å². The van der Waals surface area contributed by atoms with Crippen molar-refractivity contribution in [2.75, 3.05) is 11.9 Å². The van der Waals surface area contributed by atoms with Crippen LogP contribution in [0, 0.1) is 5.41 Å². The molecule has 0 radical (unpaired) electrons. The second-order valence-electron chi connectivity index (χ2n) is 4.95. The molecule has 1 aromatic rings. The van der Waals surface area contributed by atoms with E-state index in [1.165, 1.54) is 0 Å². The number of nitrogens with one attached hydrogen (secondary N) is 1. The average Bonchev–Trinajstić information content (AvgIpc) is 2.82. The molecule has 0 saturated heterocycles. The van der Waals surface area contributed by atoms with Crippen LogP contribution in [0.1, 0.15) is 33.6 Å². The van der Waals surface area contributed by atoms with Gasteiger partial charge in [-0.3, -0.25) is 0 Å². The van der Waals surface area contributed by atoms with Crippen molar-refractivity contribution in [2.45, 2.75) is 39.7 Å². The van der Waals surface area contributed by atoms with Gasteiger partial charge >= 0.3 is 6.01 Å². The van der Waals surface area contributed by atoms with E-state index in [1.807, 2.05) is 6.92 Å². The van der Waals surface area contributed by atoms with Crippen molar-refractivity contribution >= 4 is 17.5 Å². The number of hydrogen-bond donors (Lipinski definition) is 1. The topological polar surface area (TPSA) is 59.9 Å². The fourth-order valence-electron chi connectivity index (χ4n) is 1.52. The summed E-state index contributed by atoms with van der Waals surface area (Å²) in [7, 11) is 0. The molecule has 94 valence electrons. The van der Waals surface area contributed by atoms with Crippen LogP contribution >= 0.6 is 11.6 Å². The van der Waals surface area contributed by atoms with Gasteiger partial charge in [-0.1, -0.05) is 20.8 Å². The Morgan fingerprint density at radius 3 is 2.71 bits per heavy atom. The summed E-state index contributed by atoms with van der Waals surface area (Å²) >= 11 is 5.82. The second kappa shape index (κ2) is 4.64. The van der Waals surface area contributed by atoms with Gasteiger partial charge in [0.05, 0.1) is 6.61 Å². The van der Waals surface area contributed by atoms with E-state index in [0.717, 1.165) is 12.8 Å². The van der Waals surface area contributed by atoms with Crippen LogP contribution in [0.4, 0.5) is 5.95 Å². The summed E-state index contributed by atoms with van der Waals surface area (Å²) in [6.45, 7) is 6.99. The summed E-state index contributed by atoms with van der Waals surface area (Å²) in [6, 6.07) is 0.688. The van der Waals surface area contributed by atoms with Crippen LogP contribution in [0.15, 0.2) is 0 Å². The van der Waals surface area contributed by atoms with Crippen LogP contribution < -0.4 is 10.1 Å². The van der Waals surface area contributed by atoms with Crippen molar-refractivity contribution in [3.05, 3.63) is 5.28 Å². The van der Waals surface area contributed by atoms with Crippen molar-refractivity contribution in [3.8, 4) is 6.01 Å². The molecule has 2 rings (SSSR count). The molecule has 1 aromatic heterocycles. The Bertz CT molecular complexity index is 410. The average molecular weight is 257 g/mol. The molecule has 1 aliphatic rings. The summed E-state index contributed by atoms with van der Waals surface area (Å²) in [5.74, 6) is 0.492. The molecule has 1 unspecified atom stereocenters. The molecule has 6 heteroatoms. The van der Waals surface area contributed by atoms with Gasteiger partial charge in [0.15, 0.2) is 0 Å². The van der Waals surface area contributed by atoms with Gasteiger partial charge in [-0.25, -0.2) is 0 Å². The van der Waals surface area contributed by atoms with Gasteiger partial charge in [0, 0.05) is 6.04 Å². The molecule has 1 N–H and O–H groups in total. The van der Waals surface area contributed by atoms with Crippen LogP contribution in [-0.4, -0.2) is 27.6 Å². The summed E-state index contributed by atoms with van der Waals surface area (Å²) in [5.41, 5.74) is 0.309. The molecular weight excluding hydrogens is 240 g/mol. The summed E-state index contributed by atoms with van der Waals surface area (Å²) < 4.78 is 5.34. The molecule has 1 aliphatic carbocycles. The van der Waals surface area contributed by atoms with E-state index in [-0.39, 0.29) is 11.3 Å². The Morgan fingerprint density at radius 1 is 1.41 bits per heavy atom. The highest BCUT2D eigenvalue weighted by molar-refractivity contribution is 6.28. The minimum Gasteiger partial charge on any atom is -0.463 e. The molecular formula is C11H17ClN4O. The normalized spacial score (nSPS) is 21.1. The van der Waals surface area contributed by atoms with E-state index in [2.05, 4.69) is 34.1 Å². The maximum atomic E-state index is 5.82. The fraction of sp³-hybridized carbons (Fsp3) is 0.727. The Hall–Kier alpha value is -1.10. The number of ether oxygens (including phenoxy) is 1. The lowest BCUT2D eigenvalue weighted by molar-refractivity contribution is 0.291. The first-order valence-electron chi connectivity index (χ1n) is 5.82. The van der Waals surface area contributed by atoms with Crippen molar-refractivity contribution in [2.24, 2.45) is 5.41 Å². The zero-order valence-corrected chi connectivity index (χ0v) is 11.1. The number of anilines is 1. The third-order valence-corrected chi connectivity index (χ3v) is 3.01. The molecule has 0 amide bonds. The number of halogens is 1. The van der Waals surface area contributed by atoms with E-state index in [1.54, 1.807) is 0 Å². The molecule has 0 aromatic carbocycles. The van der Waals surface area contributed by atoms with Crippen LogP contribution in [-0.2, 0) is 0 Å². The largest absolute Gasteiger partial charge is 0.463 e. The van der Waals surface area contributed by atoms with Gasteiger partial charge in [0.25, 0.3) is 0 Å². The minimum absolute atomic E-state index is 0.159. The third-order valence-electron chi connectivity index (χ3n) is 2.84. The molecule has 5 nitrogen and oxygen atoms in total. The molecule has 0 bridgehead atoms. The Balaban J connectivity index is 2.04. The molecule has 1 atom stereocenters. The van der Waals surface area contributed by atoms with Gasteiger partial charge in [0.2, 0.25) is 11.2 Å². The Labute approximate surface area is 106 Å². The lowest BCUT2D eigenvalue weighted by Gasteiger charge is -2.08. The van der Waals surface area contributed by atoms with Gasteiger partial charge < -0.3 is 10.1 Å². The second-order valence-corrected chi connectivity index (χ2v) is 5.29. The minimum atomic E-state index is 0.159. The molecule has 1 heterocycles. The number of aromatic nitrogens is 3. The summed E-state index contributed by atoms with van der Waals surface area (Å²) in [4.78, 5) is 12.1. The molecule has 1 fully saturated rings. The first-order valence-corrected chi connectivity index (χ1v) is 6.20. The Morgan fingerprint density at radius 2 is 2.12 bits per heavy atom. The standard InChI is InChI=1S/C11H17ClN4O/c1-4-5-17-10-15-8(12)14-9(16-10)13-7-6-11(7,2)3/h7H,4-6H2,1-3H3,(H,13,14,15,16). The van der Waals surface area contributed by atoms with E-state index >= 15 is 0 Å². The van der Waals surface area contributed by atoms with Gasteiger partial charge in [-0.15, -0.1) is 0 Å². The van der Waals surface area contributed by atoms with Crippen molar-refractivity contribution in [3.63, 3.8) is 0 Å². The van der Waals surface area contributed by atoms with Gasteiger partial charge in [0.1, 0.15) is 0 Å². The molecule has 0 aliphatic heterocycles. The molecule has 17 heavy (non-hydrogen) atoms. The van der Waals surface area contributed by atoms with Crippen molar-refractivity contribution in [1.29, 1.82) is 0 Å². The zero-order valence-electron chi connectivity index (χ0n) is 10.3. The first-order chi connectivity index (χ1) is 8.01. The highest BCUT2D eigenvalue weighted by atomic mass is 35.5. The van der Waals surface area contributed by atoms with E-state index in [4.69, 9.17) is 16.3 Å².